The first-order chi connectivity index (χ1) is 3.66. The average Bonchev–Trinajstić information content (AvgIpc) is 1.65. The van der Waals surface area contributed by atoms with E-state index in [9.17, 15) is 14.1 Å². The minimum absolute atomic E-state index is 0.932. The van der Waals surface area contributed by atoms with Crippen LogP contribution in [-0.4, -0.2) is 17.7 Å². The third-order valence-corrected chi connectivity index (χ3v) is 0.576. The standard InChI is InChI=1S/C2H3ClO5/c4-1-2(5)8-3(6)7/h4H,1H2. The first-order valence-corrected chi connectivity index (χ1v) is 2.47. The highest BCUT2D eigenvalue weighted by Crippen LogP contribution is 1.77. The zero-order valence-corrected chi connectivity index (χ0v) is 4.42. The van der Waals surface area contributed by atoms with Gasteiger partial charge in [-0.3, -0.25) is 0 Å². The van der Waals surface area contributed by atoms with Crippen molar-refractivity contribution in [1.82, 2.24) is 0 Å². The quantitative estimate of drug-likeness (QED) is 0.434. The van der Waals surface area contributed by atoms with Crippen molar-refractivity contribution >= 4 is 5.97 Å². The Balaban J connectivity index is 3.25. The monoisotopic (exact) mass is 142 g/mol. The van der Waals surface area contributed by atoms with Gasteiger partial charge < -0.3 is 14.4 Å². The summed E-state index contributed by atoms with van der Waals surface area (Å²) in [5.74, 6) is -1.20. The van der Waals surface area contributed by atoms with E-state index in [2.05, 4.69) is 4.29 Å². The first-order valence-electron chi connectivity index (χ1n) is 1.54. The van der Waals surface area contributed by atoms with Crippen LogP contribution in [0.4, 0.5) is 0 Å². The van der Waals surface area contributed by atoms with Crippen LogP contribution in [0.1, 0.15) is 0 Å². The van der Waals surface area contributed by atoms with Gasteiger partial charge in [-0.25, -0.2) is 4.79 Å². The molecule has 0 aromatic carbocycles. The molecule has 0 aliphatic heterocycles. The summed E-state index contributed by atoms with van der Waals surface area (Å²) in [5.41, 5.74) is 0. The lowest BCUT2D eigenvalue weighted by molar-refractivity contribution is -1.62. The van der Waals surface area contributed by atoms with E-state index in [1.807, 2.05) is 0 Å². The fourth-order valence-corrected chi connectivity index (χ4v) is 0.284. The summed E-state index contributed by atoms with van der Waals surface area (Å²) in [6.45, 7) is -0.932. The molecule has 0 saturated carbocycles. The molecule has 48 valence electrons. The average molecular weight is 142 g/mol. The van der Waals surface area contributed by atoms with E-state index in [0.29, 0.717) is 0 Å². The van der Waals surface area contributed by atoms with Gasteiger partial charge in [0, 0.05) is 0 Å². The first kappa shape index (κ1) is 7.64. The Labute approximate surface area is 47.9 Å². The van der Waals surface area contributed by atoms with Gasteiger partial charge in [0.2, 0.25) is 0 Å². The molecular weight excluding hydrogens is 139 g/mol. The van der Waals surface area contributed by atoms with Crippen LogP contribution in [0, 0.1) is 10.8 Å². The summed E-state index contributed by atoms with van der Waals surface area (Å²) < 4.78 is 22.1. The lowest BCUT2D eigenvalue weighted by Gasteiger charge is -1.88. The van der Waals surface area contributed by atoms with Crippen LogP contribution in [0.3, 0.4) is 0 Å². The Hall–Kier alpha value is -0.360. The van der Waals surface area contributed by atoms with Crippen LogP contribution in [0.5, 0.6) is 0 Å². The highest BCUT2D eigenvalue weighted by Gasteiger charge is 2.14. The predicted octanol–water partition coefficient (Wildman–Crippen LogP) is -3.39. The van der Waals surface area contributed by atoms with Crippen LogP contribution in [0.25, 0.3) is 0 Å². The van der Waals surface area contributed by atoms with E-state index in [4.69, 9.17) is 5.11 Å². The summed E-state index contributed by atoms with van der Waals surface area (Å²) in [4.78, 5) is 9.75. The van der Waals surface area contributed by atoms with Crippen molar-refractivity contribution in [3.05, 3.63) is 0 Å². The highest BCUT2D eigenvalue weighted by molar-refractivity contribution is 5.69. The van der Waals surface area contributed by atoms with E-state index >= 15 is 0 Å². The molecule has 5 nitrogen and oxygen atoms in total. The van der Waals surface area contributed by atoms with Crippen molar-refractivity contribution in [2.24, 2.45) is 0 Å². The summed E-state index contributed by atoms with van der Waals surface area (Å²) in [7, 11) is -2.55. The lowest BCUT2D eigenvalue weighted by Crippen LogP contribution is -2.36. The van der Waals surface area contributed by atoms with E-state index in [1.54, 1.807) is 0 Å². The van der Waals surface area contributed by atoms with Crippen molar-refractivity contribution < 1.29 is 34.3 Å². The second kappa shape index (κ2) is 3.62. The van der Waals surface area contributed by atoms with Gasteiger partial charge in [-0.1, -0.05) is 4.29 Å². The largest absolute Gasteiger partial charge is 0.446 e. The van der Waals surface area contributed by atoms with Crippen LogP contribution in [0.2, 0.25) is 0 Å². The van der Waals surface area contributed by atoms with Gasteiger partial charge in [0.05, 0.1) is 0 Å². The number of carbonyl (C=O) groups is 1. The maximum absolute atomic E-state index is 9.75. The summed E-state index contributed by atoms with van der Waals surface area (Å²) in [6.07, 6.45) is 0. The zero-order valence-electron chi connectivity index (χ0n) is 3.67. The molecule has 6 heteroatoms. The minimum Gasteiger partial charge on any atom is -0.384 e. The van der Waals surface area contributed by atoms with Crippen LogP contribution < -0.4 is 9.32 Å². The molecule has 0 saturated heterocycles. The number of carbonyl (C=O) groups excluding carboxylic acids is 1. The molecule has 8 heavy (non-hydrogen) atoms. The minimum atomic E-state index is -2.55. The highest BCUT2D eigenvalue weighted by atomic mass is 35.6. The van der Waals surface area contributed by atoms with E-state index in [1.165, 1.54) is 0 Å². The zero-order chi connectivity index (χ0) is 6.57. The molecule has 0 fully saturated rings. The number of hydrogen-bond donors (Lipinski definition) is 1. The van der Waals surface area contributed by atoms with Gasteiger partial charge in [-0.05, 0) is 0 Å². The molecule has 0 aliphatic rings. The van der Waals surface area contributed by atoms with Gasteiger partial charge in [-0.2, -0.15) is 0 Å². The van der Waals surface area contributed by atoms with Crippen molar-refractivity contribution in [1.29, 1.82) is 0 Å². The molecule has 0 spiro atoms. The Morgan fingerprint density at radius 1 is 1.75 bits per heavy atom. The third kappa shape index (κ3) is 3.82. The maximum Gasteiger partial charge on any atom is 0.446 e. The number of aliphatic hydroxyl groups excluding tert-OH is 1. The van der Waals surface area contributed by atoms with Gasteiger partial charge in [0.25, 0.3) is 0 Å². The van der Waals surface area contributed by atoms with Gasteiger partial charge in [0.1, 0.15) is 0 Å². The third-order valence-electron chi connectivity index (χ3n) is 0.278. The van der Waals surface area contributed by atoms with Gasteiger partial charge in [-0.15, -0.1) is 0 Å². The van der Waals surface area contributed by atoms with Gasteiger partial charge in [0.15, 0.2) is 6.61 Å². The summed E-state index contributed by atoms with van der Waals surface area (Å²) in [6, 6.07) is 0. The molecule has 0 radical (unpaired) electrons. The molecule has 0 aromatic heterocycles. The Morgan fingerprint density at radius 2 is 2.25 bits per heavy atom. The van der Waals surface area contributed by atoms with E-state index in [0.717, 1.165) is 0 Å². The molecule has 0 bridgehead atoms. The van der Waals surface area contributed by atoms with Crippen molar-refractivity contribution in [2.45, 2.75) is 0 Å². The molecule has 0 atom stereocenters. The SMILES string of the molecule is O=C(CO)O[Cl+2]([O-])[O-]. The molecule has 1 N–H and O–H groups in total. The Morgan fingerprint density at radius 3 is 2.38 bits per heavy atom. The molecular formula is C2H3ClO5. The molecule has 0 amide bonds. The fraction of sp³-hybridized carbons (Fsp3) is 0.500. The van der Waals surface area contributed by atoms with Crippen LogP contribution >= 0.6 is 0 Å². The molecule has 0 aliphatic carbocycles. The predicted molar refractivity (Wildman–Crippen MR) is 13.2 cm³/mol. The molecule has 0 heterocycles. The Kier molecular flexibility index (Phi) is 3.46. The van der Waals surface area contributed by atoms with E-state index in [-0.39, 0.29) is 0 Å². The summed E-state index contributed by atoms with van der Waals surface area (Å²) >= 11 is 0. The number of rotatable bonds is 2. The molecule has 0 unspecified atom stereocenters. The van der Waals surface area contributed by atoms with Crippen molar-refractivity contribution in [2.75, 3.05) is 6.61 Å². The Bertz CT molecular complexity index is 80.5. The number of hydrogen-bond acceptors (Lipinski definition) is 5. The normalized spacial score (nSPS) is 9.50. The van der Waals surface area contributed by atoms with Crippen molar-refractivity contribution in [3.63, 3.8) is 0 Å². The topological polar surface area (TPSA) is 92.7 Å². The van der Waals surface area contributed by atoms with Crippen molar-refractivity contribution in [3.8, 4) is 0 Å². The molecule has 0 rings (SSSR count). The molecule has 0 aromatic rings. The fourth-order valence-electron chi connectivity index (χ4n) is 0.0947. The summed E-state index contributed by atoms with van der Waals surface area (Å²) in [5, 5.41) is 7.83. The van der Waals surface area contributed by atoms with Crippen LogP contribution in [-0.2, 0) is 9.08 Å². The maximum atomic E-state index is 9.75. The lowest BCUT2D eigenvalue weighted by atomic mass is 10.8. The number of halogens is 1. The smallest absolute Gasteiger partial charge is 0.384 e. The second-order valence-corrected chi connectivity index (χ2v) is 1.33. The second-order valence-electron chi connectivity index (χ2n) is 0.796. The van der Waals surface area contributed by atoms with E-state index < -0.39 is 23.4 Å². The van der Waals surface area contributed by atoms with Gasteiger partial charge >= 0.3 is 16.8 Å². The van der Waals surface area contributed by atoms with Crippen LogP contribution in [0.15, 0.2) is 0 Å². The number of aliphatic hydroxyl groups is 1.